The number of hydrogen-bond acceptors (Lipinski definition) is 6. The lowest BCUT2D eigenvalue weighted by Crippen LogP contribution is -2.40. The molecule has 2 heterocycles. The predicted molar refractivity (Wildman–Crippen MR) is 99.4 cm³/mol. The van der Waals surface area contributed by atoms with E-state index in [-0.39, 0.29) is 35.7 Å². The first-order chi connectivity index (χ1) is 14.6. The third-order valence-corrected chi connectivity index (χ3v) is 4.16. The highest BCUT2D eigenvalue weighted by atomic mass is 19.4. The van der Waals surface area contributed by atoms with E-state index in [1.165, 1.54) is 6.92 Å². The molecule has 13 heteroatoms. The van der Waals surface area contributed by atoms with Gasteiger partial charge in [0.05, 0.1) is 24.7 Å². The van der Waals surface area contributed by atoms with Gasteiger partial charge in [0.15, 0.2) is 17.4 Å². The topological polar surface area (TPSA) is 112 Å². The van der Waals surface area contributed by atoms with Crippen molar-refractivity contribution >= 4 is 28.6 Å². The minimum absolute atomic E-state index is 0.0117. The molecule has 31 heavy (non-hydrogen) atoms. The zero-order valence-electron chi connectivity index (χ0n) is 15.8. The molecule has 0 aliphatic heterocycles. The molecule has 0 bridgehead atoms. The summed E-state index contributed by atoms with van der Waals surface area (Å²) in [5, 5.41) is 15.1. The number of aliphatic hydroxyl groups is 1. The van der Waals surface area contributed by atoms with Crippen molar-refractivity contribution < 1.29 is 36.3 Å². The van der Waals surface area contributed by atoms with Crippen molar-refractivity contribution in [3.63, 3.8) is 0 Å². The van der Waals surface area contributed by atoms with Crippen LogP contribution in [0.15, 0.2) is 28.9 Å². The highest BCUT2D eigenvalue weighted by Crippen LogP contribution is 2.39. The van der Waals surface area contributed by atoms with Crippen LogP contribution in [0, 0.1) is 18.6 Å². The molecule has 0 unspecified atom stereocenters. The van der Waals surface area contributed by atoms with E-state index in [4.69, 9.17) is 9.52 Å². The number of halogens is 5. The Balaban J connectivity index is 1.83. The second-order valence-corrected chi connectivity index (χ2v) is 6.37. The summed E-state index contributed by atoms with van der Waals surface area (Å²) in [7, 11) is 0. The maximum absolute atomic E-state index is 13.9. The van der Waals surface area contributed by atoms with Crippen molar-refractivity contribution in [1.82, 2.24) is 15.3 Å². The van der Waals surface area contributed by atoms with Crippen LogP contribution in [0.25, 0.3) is 11.0 Å². The Hall–Kier alpha value is -3.48. The summed E-state index contributed by atoms with van der Waals surface area (Å²) in [5.74, 6) is -2.78. The number of aromatic nitrogens is 2. The third kappa shape index (κ3) is 4.99. The zero-order chi connectivity index (χ0) is 22.8. The first-order valence-electron chi connectivity index (χ1n) is 8.79. The number of carbonyl (C=O) groups excluding carboxylic acids is 1. The molecule has 3 aromatic rings. The van der Waals surface area contributed by atoms with Crippen LogP contribution in [0.4, 0.5) is 38.4 Å². The number of aryl methyl sites for hydroxylation is 1. The fourth-order valence-corrected chi connectivity index (χ4v) is 2.78. The van der Waals surface area contributed by atoms with Crippen LogP contribution in [0.2, 0.25) is 0 Å². The van der Waals surface area contributed by atoms with Gasteiger partial charge < -0.3 is 25.5 Å². The minimum Gasteiger partial charge on any atom is -0.455 e. The number of amides is 2. The Morgan fingerprint density at radius 1 is 1.23 bits per heavy atom. The molecule has 0 saturated heterocycles. The van der Waals surface area contributed by atoms with Crippen LogP contribution in [0.5, 0.6) is 0 Å². The molecule has 0 aliphatic rings. The van der Waals surface area contributed by atoms with Crippen molar-refractivity contribution in [1.29, 1.82) is 0 Å². The van der Waals surface area contributed by atoms with E-state index < -0.39 is 41.2 Å². The Morgan fingerprint density at radius 3 is 2.52 bits per heavy atom. The van der Waals surface area contributed by atoms with Crippen LogP contribution >= 0.6 is 0 Å². The lowest BCUT2D eigenvalue weighted by Gasteiger charge is -2.20. The number of anilines is 2. The van der Waals surface area contributed by atoms with Crippen LogP contribution in [-0.2, 0) is 0 Å². The Morgan fingerprint density at radius 2 is 1.90 bits per heavy atom. The van der Waals surface area contributed by atoms with Gasteiger partial charge in [-0.2, -0.15) is 13.2 Å². The summed E-state index contributed by atoms with van der Waals surface area (Å²) >= 11 is 0. The van der Waals surface area contributed by atoms with Crippen molar-refractivity contribution in [2.24, 2.45) is 0 Å². The summed E-state index contributed by atoms with van der Waals surface area (Å²) in [6.07, 6.45) is -2.72. The van der Waals surface area contributed by atoms with E-state index in [1.54, 1.807) is 5.32 Å². The van der Waals surface area contributed by atoms with Crippen molar-refractivity contribution in [3.8, 4) is 0 Å². The van der Waals surface area contributed by atoms with Gasteiger partial charge in [0.2, 0.25) is 5.95 Å². The van der Waals surface area contributed by atoms with E-state index in [0.717, 1.165) is 18.5 Å². The number of nitrogens with zero attached hydrogens (tertiary/aromatic N) is 2. The first kappa shape index (κ1) is 22.2. The molecule has 0 aliphatic carbocycles. The number of nitrogens with one attached hydrogen (secondary N) is 3. The molecule has 0 saturated carbocycles. The average molecular weight is 445 g/mol. The number of aliphatic hydroxyl groups excluding tert-OH is 1. The third-order valence-electron chi connectivity index (χ3n) is 4.16. The van der Waals surface area contributed by atoms with Gasteiger partial charge in [0, 0.05) is 23.6 Å². The van der Waals surface area contributed by atoms with Gasteiger partial charge in [-0.15, -0.1) is 0 Å². The molecule has 0 fully saturated rings. The molecule has 1 aromatic carbocycles. The summed E-state index contributed by atoms with van der Waals surface area (Å²) in [4.78, 5) is 19.8. The maximum atomic E-state index is 13.9. The van der Waals surface area contributed by atoms with E-state index in [9.17, 15) is 26.7 Å². The first-order valence-corrected chi connectivity index (χ1v) is 8.79. The number of carbonyl (C=O) groups is 1. The van der Waals surface area contributed by atoms with Gasteiger partial charge in [-0.25, -0.2) is 23.5 Å². The number of alkyl halides is 3. The number of furan rings is 1. The molecule has 1 atom stereocenters. The number of fused-ring (bicyclic) bond motifs is 1. The molecular formula is C18H16F5N5O3. The Labute approximate surface area is 171 Å². The molecule has 3 rings (SSSR count). The van der Waals surface area contributed by atoms with Crippen molar-refractivity contribution in [2.75, 3.05) is 23.8 Å². The van der Waals surface area contributed by atoms with Gasteiger partial charge >= 0.3 is 12.2 Å². The molecule has 0 spiro atoms. The predicted octanol–water partition coefficient (Wildman–Crippen LogP) is 3.64. The molecule has 0 radical (unpaired) electrons. The highest BCUT2D eigenvalue weighted by Gasteiger charge is 2.45. The van der Waals surface area contributed by atoms with Crippen LogP contribution in [0.1, 0.15) is 17.4 Å². The highest BCUT2D eigenvalue weighted by molar-refractivity contribution is 5.89. The fraction of sp³-hybridized carbons (Fsp3) is 0.278. The smallest absolute Gasteiger partial charge is 0.416 e. The molecular weight excluding hydrogens is 429 g/mol. The van der Waals surface area contributed by atoms with E-state index in [2.05, 4.69) is 20.6 Å². The second-order valence-electron chi connectivity index (χ2n) is 6.37. The monoisotopic (exact) mass is 445 g/mol. The molecule has 4 N–H and O–H groups in total. The SMILES string of the molecule is Cc1c([C@H](NC(=O)Nc2cnc(NCCO)nc2)C(F)(F)F)oc2c(F)cc(F)cc12. The standard InChI is InChI=1S/C18H16F5N5O3/c1-8-11-4-9(19)5-12(20)14(11)31-13(8)15(18(21,22)23)28-17(30)27-10-6-25-16(26-7-10)24-2-3-29/h4-7,15,29H,2-3H2,1H3,(H,24,25,26)(H2,27,28,30)/t15-/m0/s1. The Bertz CT molecular complexity index is 1080. The van der Waals surface area contributed by atoms with E-state index in [0.29, 0.717) is 6.07 Å². The number of benzene rings is 1. The average Bonchev–Trinajstić information content (AvgIpc) is 3.01. The van der Waals surface area contributed by atoms with Gasteiger partial charge in [-0.05, 0) is 13.0 Å². The summed E-state index contributed by atoms with van der Waals surface area (Å²) in [5.41, 5.74) is -0.731. The zero-order valence-corrected chi connectivity index (χ0v) is 15.8. The largest absolute Gasteiger partial charge is 0.455 e. The number of urea groups is 1. The van der Waals surface area contributed by atoms with Crippen LogP contribution < -0.4 is 16.0 Å². The summed E-state index contributed by atoms with van der Waals surface area (Å²) < 4.78 is 73.3. The summed E-state index contributed by atoms with van der Waals surface area (Å²) in [6, 6.07) is -2.56. The van der Waals surface area contributed by atoms with Crippen LogP contribution in [0.3, 0.4) is 0 Å². The van der Waals surface area contributed by atoms with E-state index >= 15 is 0 Å². The number of rotatable bonds is 6. The molecule has 2 aromatic heterocycles. The van der Waals surface area contributed by atoms with Crippen LogP contribution in [-0.4, -0.2) is 40.4 Å². The van der Waals surface area contributed by atoms with Gasteiger partial charge in [0.1, 0.15) is 11.6 Å². The minimum atomic E-state index is -5.00. The molecule has 166 valence electrons. The normalized spacial score (nSPS) is 12.6. The Kier molecular flexibility index (Phi) is 6.24. The van der Waals surface area contributed by atoms with Crippen molar-refractivity contribution in [2.45, 2.75) is 19.1 Å². The fourth-order valence-electron chi connectivity index (χ4n) is 2.78. The van der Waals surface area contributed by atoms with Gasteiger partial charge in [0.25, 0.3) is 0 Å². The second kappa shape index (κ2) is 8.71. The quantitative estimate of drug-likeness (QED) is 0.431. The van der Waals surface area contributed by atoms with Gasteiger partial charge in [-0.1, -0.05) is 0 Å². The summed E-state index contributed by atoms with van der Waals surface area (Å²) in [6.45, 7) is 1.22. The van der Waals surface area contributed by atoms with Crippen molar-refractivity contribution in [3.05, 3.63) is 47.5 Å². The van der Waals surface area contributed by atoms with Gasteiger partial charge in [-0.3, -0.25) is 0 Å². The molecule has 8 nitrogen and oxygen atoms in total. The number of hydrogen-bond donors (Lipinski definition) is 4. The maximum Gasteiger partial charge on any atom is 0.416 e. The molecule has 2 amide bonds. The lowest BCUT2D eigenvalue weighted by molar-refractivity contribution is -0.158. The lowest BCUT2D eigenvalue weighted by atomic mass is 10.1. The van der Waals surface area contributed by atoms with E-state index in [1.807, 2.05) is 0 Å².